The zero-order chi connectivity index (χ0) is 12.9. The Morgan fingerprint density at radius 1 is 1.12 bits per heavy atom. The predicted octanol–water partition coefficient (Wildman–Crippen LogP) is -1.21. The molecule has 0 aromatic heterocycles. The van der Waals surface area contributed by atoms with Crippen molar-refractivity contribution >= 4 is 5.97 Å². The first kappa shape index (κ1) is 15.3. The summed E-state index contributed by atoms with van der Waals surface area (Å²) in [5, 5.41) is 37.4. The van der Waals surface area contributed by atoms with E-state index in [-0.39, 0.29) is 6.42 Å². The minimum atomic E-state index is -1.86. The van der Waals surface area contributed by atoms with E-state index in [1.165, 1.54) is 0 Å². The van der Waals surface area contributed by atoms with Crippen molar-refractivity contribution in [1.29, 1.82) is 0 Å². The minimum absolute atomic E-state index is 0.199. The van der Waals surface area contributed by atoms with Crippen molar-refractivity contribution in [3.05, 3.63) is 0 Å². The molecule has 0 rings (SSSR count). The first-order valence-corrected chi connectivity index (χ1v) is 5.24. The molecule has 0 saturated carbocycles. The number of carbonyl (C=O) groups excluding carboxylic acids is 1. The molecule has 0 saturated heterocycles. The highest BCUT2D eigenvalue weighted by Crippen LogP contribution is 2.09. The number of hydrogen-bond donors (Lipinski definition) is 4. The zero-order valence-corrected chi connectivity index (χ0v) is 9.70. The smallest absolute Gasteiger partial charge is 0.338 e. The first-order valence-electron chi connectivity index (χ1n) is 5.24. The number of hydrogen-bond acceptors (Lipinski definition) is 6. The monoisotopic (exact) mass is 236 g/mol. The van der Waals surface area contributed by atoms with E-state index in [4.69, 9.17) is 0 Å². The summed E-state index contributed by atoms with van der Waals surface area (Å²) in [6.07, 6.45) is -6.64. The lowest BCUT2D eigenvalue weighted by molar-refractivity contribution is -0.172. The Bertz CT molecular complexity index is 217. The van der Waals surface area contributed by atoms with Gasteiger partial charge < -0.3 is 25.2 Å². The topological polar surface area (TPSA) is 107 Å². The molecule has 6 nitrogen and oxygen atoms in total. The van der Waals surface area contributed by atoms with Crippen LogP contribution in [0.2, 0.25) is 0 Å². The second-order valence-corrected chi connectivity index (χ2v) is 3.89. The Hall–Kier alpha value is -0.690. The largest absolute Gasteiger partial charge is 0.461 e. The molecule has 0 amide bonds. The summed E-state index contributed by atoms with van der Waals surface area (Å²) in [5.74, 6) is -1.02. The van der Waals surface area contributed by atoms with Gasteiger partial charge in [0.1, 0.15) is 12.2 Å². The Morgan fingerprint density at radius 3 is 2.00 bits per heavy atom. The van der Waals surface area contributed by atoms with E-state index in [2.05, 4.69) is 4.74 Å². The number of ether oxygens (including phenoxy) is 1. The average molecular weight is 236 g/mol. The molecule has 0 spiro atoms. The highest BCUT2D eigenvalue weighted by Gasteiger charge is 2.34. The molecule has 0 radical (unpaired) electrons. The van der Waals surface area contributed by atoms with Crippen LogP contribution in [0.15, 0.2) is 0 Å². The van der Waals surface area contributed by atoms with Gasteiger partial charge in [-0.3, -0.25) is 0 Å². The van der Waals surface area contributed by atoms with Crippen molar-refractivity contribution in [3.8, 4) is 0 Å². The van der Waals surface area contributed by atoms with Gasteiger partial charge in [-0.25, -0.2) is 4.79 Å². The van der Waals surface area contributed by atoms with Crippen LogP contribution in [-0.2, 0) is 9.53 Å². The van der Waals surface area contributed by atoms with Crippen LogP contribution >= 0.6 is 0 Å². The summed E-state index contributed by atoms with van der Waals surface area (Å²) in [7, 11) is 0. The molecule has 0 fully saturated rings. The number of rotatable bonds is 6. The second-order valence-electron chi connectivity index (χ2n) is 3.89. The van der Waals surface area contributed by atoms with Crippen molar-refractivity contribution in [2.45, 2.75) is 57.7 Å². The Morgan fingerprint density at radius 2 is 1.62 bits per heavy atom. The maximum atomic E-state index is 11.2. The molecule has 0 aliphatic rings. The van der Waals surface area contributed by atoms with Crippen LogP contribution in [-0.4, -0.2) is 56.9 Å². The third-order valence-electron chi connectivity index (χ3n) is 2.08. The fourth-order valence-corrected chi connectivity index (χ4v) is 1.10. The molecule has 0 heterocycles. The minimum Gasteiger partial charge on any atom is -0.461 e. The van der Waals surface area contributed by atoms with Crippen molar-refractivity contribution in [2.24, 2.45) is 0 Å². The van der Waals surface area contributed by atoms with Crippen molar-refractivity contribution in [1.82, 2.24) is 0 Å². The molecule has 16 heavy (non-hydrogen) atoms. The summed E-state index contributed by atoms with van der Waals surface area (Å²) in [5.41, 5.74) is 0. The maximum Gasteiger partial charge on any atom is 0.338 e. The van der Waals surface area contributed by atoms with E-state index >= 15 is 0 Å². The molecule has 0 aromatic carbocycles. The number of aliphatic hydroxyl groups is 4. The predicted molar refractivity (Wildman–Crippen MR) is 55.5 cm³/mol. The zero-order valence-electron chi connectivity index (χ0n) is 9.70. The molecular weight excluding hydrogens is 216 g/mol. The number of aliphatic hydroxyl groups excluding tert-OH is 4. The summed E-state index contributed by atoms with van der Waals surface area (Å²) < 4.78 is 4.65. The lowest BCUT2D eigenvalue weighted by atomic mass is 10.0. The van der Waals surface area contributed by atoms with Crippen LogP contribution in [0.3, 0.4) is 0 Å². The summed E-state index contributed by atoms with van der Waals surface area (Å²) >= 11 is 0. The third kappa shape index (κ3) is 4.44. The van der Waals surface area contributed by atoms with E-state index in [0.717, 1.165) is 0 Å². The van der Waals surface area contributed by atoms with Crippen LogP contribution in [0.25, 0.3) is 0 Å². The molecule has 0 aliphatic carbocycles. The van der Waals surface area contributed by atoms with Crippen LogP contribution in [0, 0.1) is 0 Å². The average Bonchev–Trinajstić information content (AvgIpc) is 2.23. The lowest BCUT2D eigenvalue weighted by Gasteiger charge is -2.25. The first-order chi connectivity index (χ1) is 7.31. The molecule has 0 bridgehead atoms. The number of esters is 1. The Labute approximate surface area is 94.5 Å². The van der Waals surface area contributed by atoms with Gasteiger partial charge in [-0.15, -0.1) is 0 Å². The molecule has 0 aliphatic heterocycles. The summed E-state index contributed by atoms with van der Waals surface area (Å²) in [4.78, 5) is 11.2. The number of carbonyl (C=O) groups is 1. The lowest BCUT2D eigenvalue weighted by Crippen LogP contribution is -2.48. The van der Waals surface area contributed by atoms with Gasteiger partial charge in [0.2, 0.25) is 0 Å². The maximum absolute atomic E-state index is 11.2. The quantitative estimate of drug-likeness (QED) is 0.431. The van der Waals surface area contributed by atoms with E-state index in [1.54, 1.807) is 20.8 Å². The molecule has 4 N–H and O–H groups in total. The van der Waals surface area contributed by atoms with E-state index in [0.29, 0.717) is 0 Å². The SMILES string of the molecule is CC[C@@H](O)[C@@H](O)[C@H](O)[C@@H](O)C(=O)OC(C)C. The molecule has 96 valence electrons. The third-order valence-corrected chi connectivity index (χ3v) is 2.08. The normalized spacial score (nSPS) is 19.0. The fraction of sp³-hybridized carbons (Fsp3) is 0.900. The van der Waals surface area contributed by atoms with Crippen LogP contribution in [0.5, 0.6) is 0 Å². The van der Waals surface area contributed by atoms with Crippen LogP contribution < -0.4 is 0 Å². The van der Waals surface area contributed by atoms with Crippen LogP contribution in [0.4, 0.5) is 0 Å². The highest BCUT2D eigenvalue weighted by molar-refractivity contribution is 5.75. The van der Waals surface area contributed by atoms with Gasteiger partial charge in [0.25, 0.3) is 0 Å². The fourth-order valence-electron chi connectivity index (χ4n) is 1.10. The van der Waals surface area contributed by atoms with Gasteiger partial charge in [-0.2, -0.15) is 0 Å². The van der Waals surface area contributed by atoms with E-state index < -0.39 is 36.5 Å². The van der Waals surface area contributed by atoms with Gasteiger partial charge in [0.05, 0.1) is 12.2 Å². The van der Waals surface area contributed by atoms with Crippen LogP contribution in [0.1, 0.15) is 27.2 Å². The molecule has 0 unspecified atom stereocenters. The summed E-state index contributed by atoms with van der Waals surface area (Å²) in [6, 6.07) is 0. The molecule has 0 aromatic rings. The molecule has 6 heteroatoms. The van der Waals surface area contributed by atoms with Crippen molar-refractivity contribution < 1.29 is 30.0 Å². The Kier molecular flexibility index (Phi) is 6.51. The summed E-state index contributed by atoms with van der Waals surface area (Å²) in [6.45, 7) is 4.78. The van der Waals surface area contributed by atoms with Gasteiger partial charge in [-0.05, 0) is 20.3 Å². The molecular formula is C10H20O6. The van der Waals surface area contributed by atoms with Crippen molar-refractivity contribution in [3.63, 3.8) is 0 Å². The molecule has 4 atom stereocenters. The highest BCUT2D eigenvalue weighted by atomic mass is 16.6. The van der Waals surface area contributed by atoms with Gasteiger partial charge in [0, 0.05) is 0 Å². The van der Waals surface area contributed by atoms with Gasteiger partial charge in [0.15, 0.2) is 6.10 Å². The van der Waals surface area contributed by atoms with E-state index in [1.807, 2.05) is 0 Å². The second kappa shape index (κ2) is 6.80. The standard InChI is InChI=1S/C10H20O6/c1-4-6(11)7(12)8(13)9(14)10(15)16-5(2)3/h5-9,11-14H,4H2,1-3H3/t6-,7-,8+,9-/m1/s1. The van der Waals surface area contributed by atoms with Crippen molar-refractivity contribution in [2.75, 3.05) is 0 Å². The van der Waals surface area contributed by atoms with Gasteiger partial charge in [-0.1, -0.05) is 6.92 Å². The van der Waals surface area contributed by atoms with E-state index in [9.17, 15) is 25.2 Å². The Balaban J connectivity index is 4.36. The van der Waals surface area contributed by atoms with Gasteiger partial charge >= 0.3 is 5.97 Å².